The zero-order valence-corrected chi connectivity index (χ0v) is 33.3. The van der Waals surface area contributed by atoms with E-state index in [-0.39, 0.29) is 10.8 Å². The molecule has 0 saturated carbocycles. The van der Waals surface area contributed by atoms with E-state index in [0.717, 1.165) is 17.1 Å². The predicted molar refractivity (Wildman–Crippen MR) is 236 cm³/mol. The average Bonchev–Trinajstić information content (AvgIpc) is 3.56. The third-order valence-corrected chi connectivity index (χ3v) is 12.3. The molecular formula is C52H49N3. The minimum Gasteiger partial charge on any atom is -0.378 e. The van der Waals surface area contributed by atoms with Gasteiger partial charge in [-0.25, -0.2) is 0 Å². The fourth-order valence-corrected chi connectivity index (χ4v) is 9.02. The van der Waals surface area contributed by atoms with Crippen molar-refractivity contribution < 1.29 is 0 Å². The molecule has 0 saturated heterocycles. The van der Waals surface area contributed by atoms with E-state index in [4.69, 9.17) is 0 Å². The molecule has 0 unspecified atom stereocenters. The third kappa shape index (κ3) is 5.64. The Hall–Kier alpha value is -6.06. The highest BCUT2D eigenvalue weighted by Gasteiger charge is 2.38. The second kappa shape index (κ2) is 12.8. The number of benzene rings is 7. The van der Waals surface area contributed by atoms with E-state index >= 15 is 0 Å². The molecule has 9 rings (SSSR count). The SMILES string of the molecule is CN(C)c1ccc2c(c1)C(C)(C)c1cc(N(c3ccc(-c4cccc(-c5ccccc5)c4)cc3)c3ccc4c(c3)C(C)(C)c3cc(N(C)C)ccc3-4)ccc1-2. The molecular weight excluding hydrogens is 667 g/mol. The molecule has 3 heteroatoms. The summed E-state index contributed by atoms with van der Waals surface area (Å²) in [6, 6.07) is 56.7. The molecule has 7 aromatic rings. The fraction of sp³-hybridized carbons (Fsp3) is 0.192. The third-order valence-electron chi connectivity index (χ3n) is 12.3. The first-order chi connectivity index (χ1) is 26.4. The molecule has 7 aromatic carbocycles. The van der Waals surface area contributed by atoms with Crippen LogP contribution in [0.4, 0.5) is 28.4 Å². The molecule has 0 aromatic heterocycles. The molecule has 0 fully saturated rings. The van der Waals surface area contributed by atoms with Crippen LogP contribution in [0, 0.1) is 0 Å². The number of fused-ring (bicyclic) bond motifs is 6. The molecule has 3 nitrogen and oxygen atoms in total. The highest BCUT2D eigenvalue weighted by molar-refractivity contribution is 5.89. The molecule has 2 aliphatic rings. The van der Waals surface area contributed by atoms with Crippen LogP contribution in [-0.4, -0.2) is 28.2 Å². The zero-order valence-electron chi connectivity index (χ0n) is 33.3. The van der Waals surface area contributed by atoms with Crippen molar-refractivity contribution in [2.45, 2.75) is 38.5 Å². The Bertz CT molecular complexity index is 2470. The quantitative estimate of drug-likeness (QED) is 0.163. The maximum Gasteiger partial charge on any atom is 0.0465 e. The zero-order chi connectivity index (χ0) is 38.2. The Morgan fingerprint density at radius 2 is 0.655 bits per heavy atom. The van der Waals surface area contributed by atoms with Crippen molar-refractivity contribution >= 4 is 28.4 Å². The molecule has 0 atom stereocenters. The molecule has 0 amide bonds. The van der Waals surface area contributed by atoms with Crippen LogP contribution in [0.1, 0.15) is 49.9 Å². The Morgan fingerprint density at radius 1 is 0.309 bits per heavy atom. The Labute approximate surface area is 327 Å². The molecule has 0 N–H and O–H groups in total. The first kappa shape index (κ1) is 34.7. The number of hydrogen-bond donors (Lipinski definition) is 0. The lowest BCUT2D eigenvalue weighted by molar-refractivity contribution is 0.660. The number of rotatable bonds is 7. The van der Waals surface area contributed by atoms with E-state index in [1.54, 1.807) is 0 Å². The summed E-state index contributed by atoms with van der Waals surface area (Å²) in [5, 5.41) is 0. The van der Waals surface area contributed by atoms with E-state index in [1.807, 2.05) is 0 Å². The summed E-state index contributed by atoms with van der Waals surface area (Å²) < 4.78 is 0. The number of nitrogens with zero attached hydrogens (tertiary/aromatic N) is 3. The van der Waals surface area contributed by atoms with Crippen LogP contribution >= 0.6 is 0 Å². The highest BCUT2D eigenvalue weighted by Crippen LogP contribution is 2.54. The first-order valence-corrected chi connectivity index (χ1v) is 19.4. The van der Waals surface area contributed by atoms with E-state index in [9.17, 15) is 0 Å². The molecule has 0 aliphatic heterocycles. The van der Waals surface area contributed by atoms with Gasteiger partial charge in [0.05, 0.1) is 0 Å². The van der Waals surface area contributed by atoms with Crippen LogP contribution < -0.4 is 14.7 Å². The normalized spacial score (nSPS) is 14.1. The first-order valence-electron chi connectivity index (χ1n) is 19.4. The lowest BCUT2D eigenvalue weighted by atomic mass is 9.81. The summed E-state index contributed by atoms with van der Waals surface area (Å²) in [6.07, 6.45) is 0. The standard InChI is InChI=1S/C52H49N3/c1-51(2)47-30-39(53(5)6)21-25-43(47)45-27-23-41(32-49(45)51)55(38-19-17-35(18-20-38)37-16-12-15-36(29-37)34-13-10-9-11-14-34)42-24-28-46-44-26-22-40(54(7)8)31-48(44)52(3,4)50(46)33-42/h9-33H,1-8H3. The predicted octanol–water partition coefficient (Wildman–Crippen LogP) is 13.2. The van der Waals surface area contributed by atoms with Gasteiger partial charge in [-0.3, -0.25) is 0 Å². The Kier molecular flexibility index (Phi) is 8.06. The fourth-order valence-electron chi connectivity index (χ4n) is 9.02. The van der Waals surface area contributed by atoms with Crippen molar-refractivity contribution in [1.29, 1.82) is 0 Å². The van der Waals surface area contributed by atoms with Gasteiger partial charge in [0.25, 0.3) is 0 Å². The molecule has 272 valence electrons. The van der Waals surface area contributed by atoms with Gasteiger partial charge in [0, 0.05) is 67.5 Å². The summed E-state index contributed by atoms with van der Waals surface area (Å²) in [5.41, 5.74) is 21.3. The van der Waals surface area contributed by atoms with Crippen LogP contribution in [-0.2, 0) is 10.8 Å². The van der Waals surface area contributed by atoms with Gasteiger partial charge in [-0.05, 0) is 133 Å². The average molecular weight is 716 g/mol. The molecule has 0 spiro atoms. The molecule has 0 bridgehead atoms. The van der Waals surface area contributed by atoms with E-state index < -0.39 is 0 Å². The van der Waals surface area contributed by atoms with Crippen molar-refractivity contribution in [2.75, 3.05) is 42.9 Å². The lowest BCUT2D eigenvalue weighted by Crippen LogP contribution is -2.18. The van der Waals surface area contributed by atoms with Crippen LogP contribution in [0.2, 0.25) is 0 Å². The lowest BCUT2D eigenvalue weighted by Gasteiger charge is -2.30. The topological polar surface area (TPSA) is 9.72 Å². The van der Waals surface area contributed by atoms with Crippen LogP contribution in [0.5, 0.6) is 0 Å². The van der Waals surface area contributed by atoms with Gasteiger partial charge in [-0.2, -0.15) is 0 Å². The van der Waals surface area contributed by atoms with Crippen molar-refractivity contribution in [1.82, 2.24) is 0 Å². The minimum atomic E-state index is -0.141. The second-order valence-electron chi connectivity index (χ2n) is 16.8. The van der Waals surface area contributed by atoms with Gasteiger partial charge in [-0.1, -0.05) is 113 Å². The van der Waals surface area contributed by atoms with E-state index in [1.165, 1.54) is 78.1 Å². The monoisotopic (exact) mass is 715 g/mol. The van der Waals surface area contributed by atoms with Crippen molar-refractivity contribution in [3.05, 3.63) is 174 Å². The molecule has 0 heterocycles. The van der Waals surface area contributed by atoms with Crippen LogP contribution in [0.3, 0.4) is 0 Å². The maximum atomic E-state index is 2.46. The van der Waals surface area contributed by atoms with Crippen LogP contribution in [0.15, 0.2) is 152 Å². The Morgan fingerprint density at radius 3 is 1.07 bits per heavy atom. The summed E-state index contributed by atoms with van der Waals surface area (Å²) in [5.74, 6) is 0. The Balaban J connectivity index is 1.17. The summed E-state index contributed by atoms with van der Waals surface area (Å²) >= 11 is 0. The van der Waals surface area contributed by atoms with Crippen LogP contribution in [0.25, 0.3) is 44.5 Å². The maximum absolute atomic E-state index is 2.46. The number of anilines is 5. The van der Waals surface area contributed by atoms with E-state index in [2.05, 4.69) is 222 Å². The summed E-state index contributed by atoms with van der Waals surface area (Å²) in [4.78, 5) is 6.85. The molecule has 2 aliphatic carbocycles. The van der Waals surface area contributed by atoms with E-state index in [0.29, 0.717) is 0 Å². The van der Waals surface area contributed by atoms with Gasteiger partial charge in [-0.15, -0.1) is 0 Å². The largest absolute Gasteiger partial charge is 0.378 e. The second-order valence-corrected chi connectivity index (χ2v) is 16.8. The van der Waals surface area contributed by atoms with Crippen molar-refractivity contribution in [2.24, 2.45) is 0 Å². The van der Waals surface area contributed by atoms with Crippen molar-refractivity contribution in [3.63, 3.8) is 0 Å². The van der Waals surface area contributed by atoms with Crippen molar-refractivity contribution in [3.8, 4) is 44.5 Å². The van der Waals surface area contributed by atoms with Gasteiger partial charge < -0.3 is 14.7 Å². The molecule has 55 heavy (non-hydrogen) atoms. The van der Waals surface area contributed by atoms with Gasteiger partial charge in [0.1, 0.15) is 0 Å². The van der Waals surface area contributed by atoms with Gasteiger partial charge >= 0.3 is 0 Å². The summed E-state index contributed by atoms with van der Waals surface area (Å²) in [7, 11) is 8.48. The smallest absolute Gasteiger partial charge is 0.0465 e. The summed E-state index contributed by atoms with van der Waals surface area (Å²) in [6.45, 7) is 9.50. The highest BCUT2D eigenvalue weighted by atomic mass is 15.1. The van der Waals surface area contributed by atoms with Gasteiger partial charge in [0.2, 0.25) is 0 Å². The minimum absolute atomic E-state index is 0.141. The molecule has 0 radical (unpaired) electrons. The van der Waals surface area contributed by atoms with Gasteiger partial charge in [0.15, 0.2) is 0 Å². The number of hydrogen-bond acceptors (Lipinski definition) is 3.